The van der Waals surface area contributed by atoms with Crippen LogP contribution in [0.3, 0.4) is 0 Å². The van der Waals surface area contributed by atoms with Crippen molar-refractivity contribution >= 4 is 17.9 Å². The summed E-state index contributed by atoms with van der Waals surface area (Å²) in [7, 11) is 0. The zero-order valence-corrected chi connectivity index (χ0v) is 45.5. The third kappa shape index (κ3) is 51.8. The van der Waals surface area contributed by atoms with E-state index in [0.29, 0.717) is 19.3 Å². The van der Waals surface area contributed by atoms with Gasteiger partial charge in [-0.1, -0.05) is 292 Å². The van der Waals surface area contributed by atoms with E-state index in [9.17, 15) is 14.4 Å². The van der Waals surface area contributed by atoms with Gasteiger partial charge in [0.1, 0.15) is 13.2 Å². The molecule has 0 rings (SSSR count). The van der Waals surface area contributed by atoms with Crippen LogP contribution in [0.25, 0.3) is 0 Å². The largest absolute Gasteiger partial charge is 0.462 e. The Morgan fingerprint density at radius 1 is 0.303 bits per heavy atom. The lowest BCUT2D eigenvalue weighted by Gasteiger charge is -2.18. The van der Waals surface area contributed by atoms with Crippen molar-refractivity contribution in [2.45, 2.75) is 337 Å². The topological polar surface area (TPSA) is 78.9 Å². The molecule has 1 unspecified atom stereocenters. The van der Waals surface area contributed by atoms with Gasteiger partial charge in [-0.3, -0.25) is 14.4 Å². The monoisotopic (exact) mass is 933 g/mol. The lowest BCUT2D eigenvalue weighted by atomic mass is 9.99. The number of hydrogen-bond acceptors (Lipinski definition) is 6. The third-order valence-electron chi connectivity index (χ3n) is 14.0. The zero-order valence-electron chi connectivity index (χ0n) is 45.5. The molecule has 6 heteroatoms. The van der Waals surface area contributed by atoms with Gasteiger partial charge in [0.25, 0.3) is 0 Å². The van der Waals surface area contributed by atoms with Crippen molar-refractivity contribution in [1.82, 2.24) is 0 Å². The van der Waals surface area contributed by atoms with E-state index < -0.39 is 6.10 Å². The van der Waals surface area contributed by atoms with Crippen LogP contribution in [0.1, 0.15) is 330 Å². The Morgan fingerprint density at radius 2 is 0.530 bits per heavy atom. The molecule has 0 aromatic carbocycles. The summed E-state index contributed by atoms with van der Waals surface area (Å²) in [6.45, 7) is 13.8. The molecule has 0 spiro atoms. The quantitative estimate of drug-likeness (QED) is 0.0343. The normalized spacial score (nSPS) is 12.5. The smallest absolute Gasteiger partial charge is 0.306 e. The van der Waals surface area contributed by atoms with Crippen molar-refractivity contribution in [3.8, 4) is 0 Å². The second-order valence-electron chi connectivity index (χ2n) is 21.8. The van der Waals surface area contributed by atoms with Crippen molar-refractivity contribution in [2.24, 2.45) is 17.8 Å². The fourth-order valence-electron chi connectivity index (χ4n) is 9.14. The molecule has 0 N–H and O–H groups in total. The molecule has 6 nitrogen and oxygen atoms in total. The van der Waals surface area contributed by atoms with E-state index in [2.05, 4.69) is 41.5 Å². The van der Waals surface area contributed by atoms with Crippen molar-refractivity contribution in [2.75, 3.05) is 13.2 Å². The van der Waals surface area contributed by atoms with Crippen LogP contribution < -0.4 is 0 Å². The number of carbonyl (C=O) groups excluding carboxylic acids is 3. The molecule has 0 aliphatic heterocycles. The molecule has 0 aliphatic rings. The first-order valence-corrected chi connectivity index (χ1v) is 29.6. The van der Waals surface area contributed by atoms with Crippen molar-refractivity contribution in [1.29, 1.82) is 0 Å². The van der Waals surface area contributed by atoms with Crippen LogP contribution in [-0.4, -0.2) is 37.2 Å². The number of ether oxygens (including phenoxy) is 3. The predicted octanol–water partition coefficient (Wildman–Crippen LogP) is 19.5. The molecule has 0 fully saturated rings. The molecule has 0 aliphatic carbocycles. The maximum Gasteiger partial charge on any atom is 0.306 e. The second-order valence-corrected chi connectivity index (χ2v) is 21.8. The minimum absolute atomic E-state index is 0.0634. The Kier molecular flexibility index (Phi) is 50.0. The molecule has 0 amide bonds. The minimum Gasteiger partial charge on any atom is -0.462 e. The van der Waals surface area contributed by atoms with E-state index in [-0.39, 0.29) is 31.1 Å². The number of hydrogen-bond donors (Lipinski definition) is 0. The molecule has 0 aromatic heterocycles. The van der Waals surface area contributed by atoms with Crippen LogP contribution in [0, 0.1) is 17.8 Å². The second kappa shape index (κ2) is 51.3. The van der Waals surface area contributed by atoms with Gasteiger partial charge in [-0.15, -0.1) is 0 Å². The predicted molar refractivity (Wildman–Crippen MR) is 284 cm³/mol. The number of carbonyl (C=O) groups is 3. The molecule has 0 heterocycles. The summed E-state index contributed by atoms with van der Waals surface area (Å²) in [6.07, 6.45) is 53.7. The van der Waals surface area contributed by atoms with Gasteiger partial charge in [-0.25, -0.2) is 0 Å². The van der Waals surface area contributed by atoms with Crippen LogP contribution >= 0.6 is 0 Å². The van der Waals surface area contributed by atoms with Crippen LogP contribution in [-0.2, 0) is 28.6 Å². The Hall–Kier alpha value is -1.59. The van der Waals surface area contributed by atoms with E-state index in [1.54, 1.807) is 0 Å². The maximum atomic E-state index is 12.9. The fraction of sp³-hybridized carbons (Fsp3) is 0.950. The molecule has 2 atom stereocenters. The molecule has 0 radical (unpaired) electrons. The number of unbranched alkanes of at least 4 members (excludes halogenated alkanes) is 35. The van der Waals surface area contributed by atoms with Gasteiger partial charge in [-0.2, -0.15) is 0 Å². The third-order valence-corrected chi connectivity index (χ3v) is 14.0. The molecule has 66 heavy (non-hydrogen) atoms. The van der Waals surface area contributed by atoms with Crippen molar-refractivity contribution in [3.63, 3.8) is 0 Å². The van der Waals surface area contributed by atoms with E-state index in [1.807, 2.05) is 0 Å². The molecular formula is C60H116O6. The highest BCUT2D eigenvalue weighted by Crippen LogP contribution is 2.19. The maximum absolute atomic E-state index is 12.9. The van der Waals surface area contributed by atoms with E-state index in [0.717, 1.165) is 75.5 Å². The van der Waals surface area contributed by atoms with Crippen LogP contribution in [0.5, 0.6) is 0 Å². The van der Waals surface area contributed by atoms with Gasteiger partial charge < -0.3 is 14.2 Å². The molecule has 392 valence electrons. The SMILES string of the molecule is CCC(C)CCCCCCCCCCCCCCCCC(=O)OC[C@H](COC(=O)CCCCCCCCCCCCCCCC(C)C)OC(=O)CCCCCCCCCCCCCC(C)C. The fourth-order valence-corrected chi connectivity index (χ4v) is 9.14. The Morgan fingerprint density at radius 3 is 0.788 bits per heavy atom. The summed E-state index contributed by atoms with van der Waals surface area (Å²) in [5.41, 5.74) is 0. The van der Waals surface area contributed by atoms with Gasteiger partial charge in [0.2, 0.25) is 0 Å². The summed E-state index contributed by atoms with van der Waals surface area (Å²) in [5, 5.41) is 0. The molecule has 0 bridgehead atoms. The highest BCUT2D eigenvalue weighted by atomic mass is 16.6. The van der Waals surface area contributed by atoms with Gasteiger partial charge in [0.05, 0.1) is 0 Å². The van der Waals surface area contributed by atoms with Crippen LogP contribution in [0.15, 0.2) is 0 Å². The lowest BCUT2D eigenvalue weighted by Crippen LogP contribution is -2.30. The van der Waals surface area contributed by atoms with Gasteiger partial charge >= 0.3 is 17.9 Å². The first-order valence-electron chi connectivity index (χ1n) is 29.6. The Labute approximate surface area is 412 Å². The lowest BCUT2D eigenvalue weighted by molar-refractivity contribution is -0.167. The average molecular weight is 934 g/mol. The zero-order chi connectivity index (χ0) is 48.4. The molecular weight excluding hydrogens is 817 g/mol. The summed E-state index contributed by atoms with van der Waals surface area (Å²) >= 11 is 0. The molecule has 0 saturated heterocycles. The highest BCUT2D eigenvalue weighted by Gasteiger charge is 2.19. The van der Waals surface area contributed by atoms with E-state index in [1.165, 1.54) is 212 Å². The highest BCUT2D eigenvalue weighted by molar-refractivity contribution is 5.71. The first kappa shape index (κ1) is 64.4. The number of esters is 3. The Bertz CT molecular complexity index is 1020. The van der Waals surface area contributed by atoms with Gasteiger partial charge in [0.15, 0.2) is 6.10 Å². The van der Waals surface area contributed by atoms with E-state index >= 15 is 0 Å². The molecule has 0 aromatic rings. The number of rotatable bonds is 53. The standard InChI is InChI=1S/C60H116O6/c1-7-56(6)48-42-36-30-24-18-12-8-9-13-19-25-31-37-43-49-58(61)64-52-57(66-60(63)51-45-39-33-27-21-15-17-23-29-35-41-47-55(4)5)53-65-59(62)50-44-38-32-26-20-14-10-11-16-22-28-34-40-46-54(2)3/h54-57H,7-53H2,1-6H3/t56?,57-/m1/s1. The minimum atomic E-state index is -0.764. The van der Waals surface area contributed by atoms with Crippen LogP contribution in [0.2, 0.25) is 0 Å². The van der Waals surface area contributed by atoms with Crippen molar-refractivity contribution < 1.29 is 28.6 Å². The van der Waals surface area contributed by atoms with Crippen LogP contribution in [0.4, 0.5) is 0 Å². The first-order chi connectivity index (χ1) is 32.1. The summed E-state index contributed by atoms with van der Waals surface area (Å²) in [4.78, 5) is 38.2. The van der Waals surface area contributed by atoms with Gasteiger partial charge in [-0.05, 0) is 37.0 Å². The van der Waals surface area contributed by atoms with Gasteiger partial charge in [0, 0.05) is 19.3 Å². The summed E-state index contributed by atoms with van der Waals surface area (Å²) in [6, 6.07) is 0. The van der Waals surface area contributed by atoms with E-state index in [4.69, 9.17) is 14.2 Å². The summed E-state index contributed by atoms with van der Waals surface area (Å²) in [5.74, 6) is 1.72. The average Bonchev–Trinajstić information content (AvgIpc) is 3.29. The van der Waals surface area contributed by atoms with Crippen molar-refractivity contribution in [3.05, 3.63) is 0 Å². The summed E-state index contributed by atoms with van der Waals surface area (Å²) < 4.78 is 16.9. The molecule has 0 saturated carbocycles. The Balaban J connectivity index is 4.30.